The maximum Gasteiger partial charge on any atom is 0.175 e. The fourth-order valence-electron chi connectivity index (χ4n) is 1.94. The normalized spacial score (nSPS) is 11.1. The molecule has 0 aliphatic heterocycles. The summed E-state index contributed by atoms with van der Waals surface area (Å²) in [5, 5.41) is 1.95. The van der Waals surface area contributed by atoms with E-state index in [9.17, 15) is 0 Å². The minimum atomic E-state index is 0.459. The second-order valence-electron chi connectivity index (χ2n) is 3.92. The largest absolute Gasteiger partial charge is 0.277 e. The van der Waals surface area contributed by atoms with Crippen molar-refractivity contribution in [3.05, 3.63) is 46.8 Å². The molecule has 0 N–H and O–H groups in total. The molecule has 0 saturated carbocycles. The smallest absolute Gasteiger partial charge is 0.175 e. The number of rotatable bonds is 2. The van der Waals surface area contributed by atoms with Gasteiger partial charge < -0.3 is 0 Å². The van der Waals surface area contributed by atoms with E-state index in [1.54, 1.807) is 6.33 Å². The van der Waals surface area contributed by atoms with Crippen molar-refractivity contribution in [3.8, 4) is 11.3 Å². The zero-order chi connectivity index (χ0) is 13.4. The van der Waals surface area contributed by atoms with Crippen LogP contribution < -0.4 is 0 Å². The first-order valence-electron chi connectivity index (χ1n) is 5.52. The second-order valence-corrected chi connectivity index (χ2v) is 5.52. The molecule has 96 valence electrons. The Hall–Kier alpha value is -1.23. The fraction of sp³-hybridized carbons (Fsp3) is 0.0769. The number of hydrogen-bond acceptors (Lipinski definition) is 3. The fourth-order valence-corrected chi connectivity index (χ4v) is 2.90. The molecule has 2 heterocycles. The Labute approximate surface area is 124 Å². The average Bonchev–Trinajstić information content (AvgIpc) is 2.81. The van der Waals surface area contributed by atoms with Gasteiger partial charge in [0.05, 0.1) is 11.2 Å². The minimum Gasteiger partial charge on any atom is -0.277 e. The van der Waals surface area contributed by atoms with E-state index in [1.807, 2.05) is 41.0 Å². The Morgan fingerprint density at radius 1 is 1.21 bits per heavy atom. The van der Waals surface area contributed by atoms with Gasteiger partial charge in [-0.3, -0.25) is 4.40 Å². The lowest BCUT2D eigenvalue weighted by Crippen LogP contribution is -1.92. The first kappa shape index (κ1) is 12.8. The van der Waals surface area contributed by atoms with Crippen LogP contribution in [0.1, 0.15) is 0 Å². The highest BCUT2D eigenvalue weighted by molar-refractivity contribution is 7.98. The second kappa shape index (κ2) is 5.04. The van der Waals surface area contributed by atoms with Crippen LogP contribution in [-0.2, 0) is 0 Å². The molecule has 0 radical (unpaired) electrons. The van der Waals surface area contributed by atoms with Crippen LogP contribution in [0, 0.1) is 0 Å². The van der Waals surface area contributed by atoms with E-state index in [1.165, 1.54) is 11.8 Å². The molecule has 0 saturated heterocycles. The van der Waals surface area contributed by atoms with Crippen molar-refractivity contribution in [1.29, 1.82) is 0 Å². The summed E-state index contributed by atoms with van der Waals surface area (Å²) in [6.07, 6.45) is 3.71. The van der Waals surface area contributed by atoms with Crippen LogP contribution in [0.5, 0.6) is 0 Å². The van der Waals surface area contributed by atoms with Gasteiger partial charge in [0.25, 0.3) is 0 Å². The molecule has 1 aromatic carbocycles. The zero-order valence-corrected chi connectivity index (χ0v) is 12.3. The number of thioether (sulfide) groups is 1. The van der Waals surface area contributed by atoms with Gasteiger partial charge in [-0.2, -0.15) is 0 Å². The standard InChI is InChI=1S/C13H9Cl2N3S/c1-19-13-17-11(15)6-10-12(16-7-18(10)13)8-3-2-4-9(14)5-8/h2-7H,1H3. The Morgan fingerprint density at radius 3 is 2.79 bits per heavy atom. The first-order chi connectivity index (χ1) is 9.19. The number of hydrogen-bond donors (Lipinski definition) is 0. The van der Waals surface area contributed by atoms with E-state index in [0.717, 1.165) is 21.9 Å². The van der Waals surface area contributed by atoms with E-state index < -0.39 is 0 Å². The molecule has 0 atom stereocenters. The number of halogens is 2. The maximum absolute atomic E-state index is 6.06. The van der Waals surface area contributed by atoms with Crippen LogP contribution in [-0.4, -0.2) is 20.6 Å². The Kier molecular flexibility index (Phi) is 3.39. The third-order valence-corrected chi connectivity index (χ3v) is 3.83. The molecule has 0 aliphatic rings. The van der Waals surface area contributed by atoms with E-state index in [0.29, 0.717) is 10.2 Å². The predicted molar refractivity (Wildman–Crippen MR) is 80.2 cm³/mol. The average molecular weight is 310 g/mol. The lowest BCUT2D eigenvalue weighted by molar-refractivity contribution is 0.900. The molecular formula is C13H9Cl2N3S. The lowest BCUT2D eigenvalue weighted by Gasteiger charge is -2.03. The van der Waals surface area contributed by atoms with Crippen molar-refractivity contribution in [2.24, 2.45) is 0 Å². The van der Waals surface area contributed by atoms with Crippen LogP contribution in [0.15, 0.2) is 41.8 Å². The van der Waals surface area contributed by atoms with Gasteiger partial charge in [0, 0.05) is 16.7 Å². The van der Waals surface area contributed by atoms with Gasteiger partial charge in [-0.1, -0.05) is 47.1 Å². The summed E-state index contributed by atoms with van der Waals surface area (Å²) in [6, 6.07) is 9.41. The number of imidazole rings is 1. The summed E-state index contributed by atoms with van der Waals surface area (Å²) < 4.78 is 1.92. The van der Waals surface area contributed by atoms with Crippen molar-refractivity contribution in [1.82, 2.24) is 14.4 Å². The van der Waals surface area contributed by atoms with Crippen molar-refractivity contribution in [2.45, 2.75) is 5.16 Å². The molecular weight excluding hydrogens is 301 g/mol. The topological polar surface area (TPSA) is 30.2 Å². The number of aromatic nitrogens is 3. The highest BCUT2D eigenvalue weighted by Gasteiger charge is 2.11. The van der Waals surface area contributed by atoms with Gasteiger partial charge in [0.1, 0.15) is 11.5 Å². The number of benzene rings is 1. The molecule has 6 heteroatoms. The molecule has 3 nitrogen and oxygen atoms in total. The third kappa shape index (κ3) is 2.31. The van der Waals surface area contributed by atoms with Crippen molar-refractivity contribution in [3.63, 3.8) is 0 Å². The quantitative estimate of drug-likeness (QED) is 0.398. The van der Waals surface area contributed by atoms with Crippen LogP contribution >= 0.6 is 35.0 Å². The van der Waals surface area contributed by atoms with Gasteiger partial charge in [-0.25, -0.2) is 9.97 Å². The zero-order valence-electron chi connectivity index (χ0n) is 9.97. The van der Waals surface area contributed by atoms with Crippen LogP contribution in [0.3, 0.4) is 0 Å². The Balaban J connectivity index is 2.28. The summed E-state index contributed by atoms with van der Waals surface area (Å²) in [6.45, 7) is 0. The minimum absolute atomic E-state index is 0.459. The summed E-state index contributed by atoms with van der Waals surface area (Å²) >= 11 is 13.6. The molecule has 2 aromatic heterocycles. The van der Waals surface area contributed by atoms with Crippen molar-refractivity contribution < 1.29 is 0 Å². The molecule has 0 spiro atoms. The van der Waals surface area contributed by atoms with Crippen molar-refractivity contribution in [2.75, 3.05) is 6.26 Å². The van der Waals surface area contributed by atoms with Gasteiger partial charge >= 0.3 is 0 Å². The lowest BCUT2D eigenvalue weighted by atomic mass is 10.1. The molecule has 0 fully saturated rings. The molecule has 3 aromatic rings. The third-order valence-electron chi connectivity index (χ3n) is 2.75. The molecule has 3 rings (SSSR count). The van der Waals surface area contributed by atoms with E-state index in [4.69, 9.17) is 23.2 Å². The summed E-state index contributed by atoms with van der Waals surface area (Å²) in [4.78, 5) is 8.72. The number of nitrogens with zero attached hydrogens (tertiary/aromatic N) is 3. The summed E-state index contributed by atoms with van der Waals surface area (Å²) in [5.41, 5.74) is 2.73. The molecule has 0 bridgehead atoms. The van der Waals surface area contributed by atoms with Gasteiger partial charge in [0.15, 0.2) is 5.16 Å². The van der Waals surface area contributed by atoms with Crippen LogP contribution in [0.2, 0.25) is 10.2 Å². The predicted octanol–water partition coefficient (Wildman–Crippen LogP) is 4.43. The molecule has 0 unspecified atom stereocenters. The van der Waals surface area contributed by atoms with Gasteiger partial charge in [0.2, 0.25) is 0 Å². The molecule has 19 heavy (non-hydrogen) atoms. The van der Waals surface area contributed by atoms with E-state index in [2.05, 4.69) is 9.97 Å². The first-order valence-corrected chi connectivity index (χ1v) is 7.50. The van der Waals surface area contributed by atoms with Crippen LogP contribution in [0.4, 0.5) is 0 Å². The summed E-state index contributed by atoms with van der Waals surface area (Å²) in [7, 11) is 0. The van der Waals surface area contributed by atoms with Crippen LogP contribution in [0.25, 0.3) is 16.8 Å². The molecule has 0 aliphatic carbocycles. The van der Waals surface area contributed by atoms with Crippen molar-refractivity contribution >= 4 is 40.5 Å². The number of fused-ring (bicyclic) bond motifs is 1. The van der Waals surface area contributed by atoms with E-state index >= 15 is 0 Å². The Morgan fingerprint density at radius 2 is 2.05 bits per heavy atom. The van der Waals surface area contributed by atoms with Gasteiger partial charge in [-0.05, 0) is 18.4 Å². The highest BCUT2D eigenvalue weighted by atomic mass is 35.5. The SMILES string of the molecule is CSc1nc(Cl)cc2c(-c3cccc(Cl)c3)ncn12. The van der Waals surface area contributed by atoms with E-state index in [-0.39, 0.29) is 0 Å². The summed E-state index contributed by atoms with van der Waals surface area (Å²) in [5.74, 6) is 0. The van der Waals surface area contributed by atoms with Gasteiger partial charge in [-0.15, -0.1) is 0 Å². The molecule has 0 amide bonds. The monoisotopic (exact) mass is 309 g/mol. The highest BCUT2D eigenvalue weighted by Crippen LogP contribution is 2.29. The Bertz CT molecular complexity index is 755. The maximum atomic E-state index is 6.06.